The average Bonchev–Trinajstić information content (AvgIpc) is 2.99. The third-order valence-corrected chi connectivity index (χ3v) is 4.77. The summed E-state index contributed by atoms with van der Waals surface area (Å²) in [5.74, 6) is 0.582. The van der Waals surface area contributed by atoms with E-state index in [-0.39, 0.29) is 5.91 Å². The maximum atomic E-state index is 12.3. The number of carbonyl (C=O) groups is 1. The van der Waals surface area contributed by atoms with Crippen LogP contribution in [0.25, 0.3) is 0 Å². The number of carbonyl (C=O) groups excluding carboxylic acids is 1. The highest BCUT2D eigenvalue weighted by Crippen LogP contribution is 2.17. The molecule has 1 aromatic heterocycles. The molecule has 0 spiro atoms. The van der Waals surface area contributed by atoms with Gasteiger partial charge in [0.1, 0.15) is 6.33 Å². The summed E-state index contributed by atoms with van der Waals surface area (Å²) in [5, 5.41) is 8.57. The number of amides is 1. The summed E-state index contributed by atoms with van der Waals surface area (Å²) >= 11 is 1.44. The number of thioether (sulfide) groups is 1. The minimum atomic E-state index is 0.167. The summed E-state index contributed by atoms with van der Waals surface area (Å²) in [6, 6.07) is 10.3. The molecule has 3 rings (SSSR count). The summed E-state index contributed by atoms with van der Waals surface area (Å²) in [7, 11) is 1.88. The monoisotopic (exact) mass is 317 g/mol. The third kappa shape index (κ3) is 3.41. The fourth-order valence-electron chi connectivity index (χ4n) is 2.47. The van der Waals surface area contributed by atoms with E-state index in [4.69, 9.17) is 0 Å². The van der Waals surface area contributed by atoms with E-state index < -0.39 is 0 Å². The molecule has 1 amide bonds. The molecule has 2 aromatic rings. The number of hydrogen-bond acceptors (Lipinski definition) is 5. The Morgan fingerprint density at radius 1 is 1.18 bits per heavy atom. The van der Waals surface area contributed by atoms with Crippen LogP contribution < -0.4 is 4.90 Å². The number of aromatic nitrogens is 3. The van der Waals surface area contributed by atoms with Gasteiger partial charge in [-0.05, 0) is 12.1 Å². The SMILES string of the molecule is Cn1cnnc1SCC(=O)N1CCN(c2ccccc2)CC1. The largest absolute Gasteiger partial charge is 0.368 e. The second kappa shape index (κ2) is 6.83. The summed E-state index contributed by atoms with van der Waals surface area (Å²) < 4.78 is 1.82. The fraction of sp³-hybridized carbons (Fsp3) is 0.400. The van der Waals surface area contributed by atoms with E-state index in [1.807, 2.05) is 34.7 Å². The Kier molecular flexibility index (Phi) is 4.62. The van der Waals surface area contributed by atoms with Crippen LogP contribution in [0.15, 0.2) is 41.8 Å². The van der Waals surface area contributed by atoms with Gasteiger partial charge in [0.2, 0.25) is 5.91 Å². The fourth-order valence-corrected chi connectivity index (χ4v) is 3.26. The van der Waals surface area contributed by atoms with Gasteiger partial charge >= 0.3 is 0 Å². The van der Waals surface area contributed by atoms with Crippen molar-refractivity contribution in [3.8, 4) is 0 Å². The van der Waals surface area contributed by atoms with Gasteiger partial charge in [0.25, 0.3) is 0 Å². The molecular formula is C15H19N5OS. The maximum absolute atomic E-state index is 12.3. The molecule has 116 valence electrons. The summed E-state index contributed by atoms with van der Waals surface area (Å²) in [6.45, 7) is 3.30. The van der Waals surface area contributed by atoms with Gasteiger partial charge in [0.15, 0.2) is 5.16 Å². The molecule has 0 N–H and O–H groups in total. The number of aryl methyl sites for hydroxylation is 1. The van der Waals surface area contributed by atoms with Gasteiger partial charge in [-0.2, -0.15) is 0 Å². The zero-order valence-electron chi connectivity index (χ0n) is 12.6. The van der Waals surface area contributed by atoms with Gasteiger partial charge < -0.3 is 14.4 Å². The predicted molar refractivity (Wildman–Crippen MR) is 87.0 cm³/mol. The van der Waals surface area contributed by atoms with Crippen molar-refractivity contribution in [3.05, 3.63) is 36.7 Å². The normalized spacial score (nSPS) is 15.1. The Morgan fingerprint density at radius 2 is 1.91 bits per heavy atom. The summed E-state index contributed by atoms with van der Waals surface area (Å²) in [6.07, 6.45) is 1.64. The number of anilines is 1. The Labute approximate surface area is 134 Å². The minimum absolute atomic E-state index is 0.167. The van der Waals surface area contributed by atoms with Crippen LogP contribution in [0.1, 0.15) is 0 Å². The van der Waals surface area contributed by atoms with Crippen LogP contribution in [-0.4, -0.2) is 57.5 Å². The van der Waals surface area contributed by atoms with Crippen LogP contribution in [0.5, 0.6) is 0 Å². The highest BCUT2D eigenvalue weighted by molar-refractivity contribution is 7.99. The molecule has 1 saturated heterocycles. The van der Waals surface area contributed by atoms with Crippen molar-refractivity contribution in [2.24, 2.45) is 7.05 Å². The Hall–Kier alpha value is -2.02. The van der Waals surface area contributed by atoms with Crippen LogP contribution >= 0.6 is 11.8 Å². The van der Waals surface area contributed by atoms with Crippen molar-refractivity contribution < 1.29 is 4.79 Å². The summed E-state index contributed by atoms with van der Waals surface area (Å²) in [4.78, 5) is 16.5. The molecule has 22 heavy (non-hydrogen) atoms. The lowest BCUT2D eigenvalue weighted by molar-refractivity contribution is -0.128. The lowest BCUT2D eigenvalue weighted by Gasteiger charge is -2.36. The smallest absolute Gasteiger partial charge is 0.233 e. The Bertz CT molecular complexity index is 622. The van der Waals surface area contributed by atoms with Gasteiger partial charge in [0.05, 0.1) is 5.75 Å². The molecule has 0 bridgehead atoms. The zero-order chi connectivity index (χ0) is 15.4. The van der Waals surface area contributed by atoms with Gasteiger partial charge in [-0.3, -0.25) is 4.79 Å². The molecule has 0 saturated carbocycles. The lowest BCUT2D eigenvalue weighted by atomic mass is 10.2. The first kappa shape index (κ1) is 14.9. The predicted octanol–water partition coefficient (Wildman–Crippen LogP) is 1.26. The van der Waals surface area contributed by atoms with Crippen molar-refractivity contribution in [3.63, 3.8) is 0 Å². The molecule has 1 aliphatic rings. The molecule has 1 fully saturated rings. The molecule has 6 nitrogen and oxygen atoms in total. The van der Waals surface area contributed by atoms with Gasteiger partial charge in [-0.1, -0.05) is 30.0 Å². The number of piperazine rings is 1. The zero-order valence-corrected chi connectivity index (χ0v) is 13.4. The Balaban J connectivity index is 1.49. The van der Waals surface area contributed by atoms with Crippen molar-refractivity contribution in [1.82, 2.24) is 19.7 Å². The van der Waals surface area contributed by atoms with Crippen LogP contribution in [0.2, 0.25) is 0 Å². The number of rotatable bonds is 4. The standard InChI is InChI=1S/C15H19N5OS/c1-18-12-16-17-15(18)22-11-14(21)20-9-7-19(8-10-20)13-5-3-2-4-6-13/h2-6,12H,7-11H2,1H3. The van der Waals surface area contributed by atoms with Gasteiger partial charge in [-0.25, -0.2) is 0 Å². The molecule has 0 radical (unpaired) electrons. The highest BCUT2D eigenvalue weighted by atomic mass is 32.2. The first-order valence-electron chi connectivity index (χ1n) is 7.28. The Morgan fingerprint density at radius 3 is 2.55 bits per heavy atom. The summed E-state index contributed by atoms with van der Waals surface area (Å²) in [5.41, 5.74) is 1.23. The number of para-hydroxylation sites is 1. The van der Waals surface area contributed by atoms with Crippen molar-refractivity contribution in [1.29, 1.82) is 0 Å². The molecule has 2 heterocycles. The van der Waals surface area contributed by atoms with E-state index in [1.165, 1.54) is 17.4 Å². The van der Waals surface area contributed by atoms with Crippen molar-refractivity contribution in [2.45, 2.75) is 5.16 Å². The molecular weight excluding hydrogens is 298 g/mol. The van der Waals surface area contributed by atoms with Crippen LogP contribution in [0.4, 0.5) is 5.69 Å². The van der Waals surface area contributed by atoms with Crippen LogP contribution in [0.3, 0.4) is 0 Å². The molecule has 0 unspecified atom stereocenters. The minimum Gasteiger partial charge on any atom is -0.368 e. The quantitative estimate of drug-likeness (QED) is 0.795. The first-order valence-corrected chi connectivity index (χ1v) is 8.27. The van der Waals surface area contributed by atoms with E-state index in [1.54, 1.807) is 6.33 Å². The van der Waals surface area contributed by atoms with E-state index in [9.17, 15) is 4.79 Å². The van der Waals surface area contributed by atoms with Gasteiger partial charge in [0, 0.05) is 38.9 Å². The second-order valence-corrected chi connectivity index (χ2v) is 6.16. The average molecular weight is 317 g/mol. The van der Waals surface area contributed by atoms with Crippen LogP contribution in [-0.2, 0) is 11.8 Å². The van der Waals surface area contributed by atoms with Crippen molar-refractivity contribution in [2.75, 3.05) is 36.8 Å². The second-order valence-electron chi connectivity index (χ2n) is 5.22. The van der Waals surface area contributed by atoms with Crippen LogP contribution in [0, 0.1) is 0 Å². The molecule has 0 atom stereocenters. The van der Waals surface area contributed by atoms with E-state index in [2.05, 4.69) is 27.2 Å². The maximum Gasteiger partial charge on any atom is 0.233 e. The third-order valence-electron chi connectivity index (χ3n) is 3.75. The molecule has 7 heteroatoms. The van der Waals surface area contributed by atoms with E-state index in [0.717, 1.165) is 31.3 Å². The molecule has 0 aliphatic carbocycles. The van der Waals surface area contributed by atoms with Gasteiger partial charge in [-0.15, -0.1) is 10.2 Å². The first-order chi connectivity index (χ1) is 10.7. The number of nitrogens with zero attached hydrogens (tertiary/aromatic N) is 5. The highest BCUT2D eigenvalue weighted by Gasteiger charge is 2.21. The molecule has 1 aromatic carbocycles. The topological polar surface area (TPSA) is 54.3 Å². The van der Waals surface area contributed by atoms with E-state index in [0.29, 0.717) is 5.75 Å². The van der Waals surface area contributed by atoms with E-state index >= 15 is 0 Å². The number of hydrogen-bond donors (Lipinski definition) is 0. The lowest BCUT2D eigenvalue weighted by Crippen LogP contribution is -2.49. The molecule has 1 aliphatic heterocycles. The van der Waals surface area contributed by atoms with Crippen molar-refractivity contribution >= 4 is 23.4 Å². The number of benzene rings is 1.